The van der Waals surface area contributed by atoms with Crippen molar-refractivity contribution in [3.63, 3.8) is 0 Å². The molecule has 0 amide bonds. The van der Waals surface area contributed by atoms with E-state index in [-0.39, 0.29) is 33.5 Å². The molecule has 0 spiro atoms. The molecule has 0 aliphatic heterocycles. The van der Waals surface area contributed by atoms with E-state index >= 15 is 0 Å². The highest BCUT2D eigenvalue weighted by Crippen LogP contribution is 2.36. The fraction of sp³-hybridized carbons (Fsp3) is 0.0455. The summed E-state index contributed by atoms with van der Waals surface area (Å²) >= 11 is 6.05. The summed E-state index contributed by atoms with van der Waals surface area (Å²) in [7, 11) is 0. The van der Waals surface area contributed by atoms with Crippen molar-refractivity contribution in [1.82, 2.24) is 9.97 Å². The Morgan fingerprint density at radius 3 is 2.68 bits per heavy atom. The highest BCUT2D eigenvalue weighted by atomic mass is 35.5. The van der Waals surface area contributed by atoms with Crippen LogP contribution in [0.3, 0.4) is 0 Å². The average molecular weight is 442 g/mol. The van der Waals surface area contributed by atoms with Crippen molar-refractivity contribution in [3.8, 4) is 17.4 Å². The molecule has 0 aliphatic rings. The van der Waals surface area contributed by atoms with Gasteiger partial charge in [0.25, 0.3) is 5.56 Å². The standard InChI is InChI=1S/C22H11ClF3N3O2/c23-17-7-5-13(22(24,25)26)10-16(17)19-8-6-14(31-19)9-12(11-27)20-28-18-4-2-1-3-15(18)21(30)29-20/h1-10H,(H,28,29,30). The maximum Gasteiger partial charge on any atom is 0.416 e. The van der Waals surface area contributed by atoms with E-state index in [1.54, 1.807) is 24.3 Å². The molecule has 2 aromatic carbocycles. The van der Waals surface area contributed by atoms with Gasteiger partial charge in [-0.15, -0.1) is 0 Å². The molecule has 4 aromatic rings. The zero-order valence-electron chi connectivity index (χ0n) is 15.5. The molecule has 5 nitrogen and oxygen atoms in total. The number of aromatic amines is 1. The van der Waals surface area contributed by atoms with Crippen LogP contribution in [0.5, 0.6) is 0 Å². The number of alkyl halides is 3. The molecule has 0 saturated heterocycles. The average Bonchev–Trinajstić information content (AvgIpc) is 3.20. The molecular formula is C22H11ClF3N3O2. The minimum absolute atomic E-state index is 0.0129. The molecule has 9 heteroatoms. The third-order valence-electron chi connectivity index (χ3n) is 4.46. The van der Waals surface area contributed by atoms with Gasteiger partial charge < -0.3 is 9.40 Å². The van der Waals surface area contributed by atoms with E-state index in [0.717, 1.165) is 18.2 Å². The van der Waals surface area contributed by atoms with Gasteiger partial charge in [0.15, 0.2) is 5.82 Å². The SMILES string of the molecule is N#CC(=Cc1ccc(-c2cc(C(F)(F)F)ccc2Cl)o1)c1nc2ccccc2c(=O)[nH]1. The molecule has 2 aromatic heterocycles. The van der Waals surface area contributed by atoms with Crippen LogP contribution in [0.1, 0.15) is 17.1 Å². The molecule has 4 rings (SSSR count). The van der Waals surface area contributed by atoms with Crippen molar-refractivity contribution >= 4 is 34.2 Å². The van der Waals surface area contributed by atoms with Gasteiger partial charge in [0, 0.05) is 11.6 Å². The largest absolute Gasteiger partial charge is 0.457 e. The Hall–Kier alpha value is -3.83. The summed E-state index contributed by atoms with van der Waals surface area (Å²) in [6.07, 6.45) is -3.20. The molecule has 154 valence electrons. The van der Waals surface area contributed by atoms with Crippen molar-refractivity contribution in [2.75, 3.05) is 0 Å². The highest BCUT2D eigenvalue weighted by molar-refractivity contribution is 6.33. The molecule has 0 fully saturated rings. The topological polar surface area (TPSA) is 82.7 Å². The fourth-order valence-corrected chi connectivity index (χ4v) is 3.19. The highest BCUT2D eigenvalue weighted by Gasteiger charge is 2.31. The first kappa shape index (κ1) is 20.4. The molecule has 2 heterocycles. The normalized spacial score (nSPS) is 12.2. The van der Waals surface area contributed by atoms with Crippen LogP contribution in [0.2, 0.25) is 5.02 Å². The van der Waals surface area contributed by atoms with Gasteiger partial charge in [-0.25, -0.2) is 4.98 Å². The number of allylic oxidation sites excluding steroid dienone is 1. The second-order valence-electron chi connectivity index (χ2n) is 6.50. The molecule has 0 radical (unpaired) electrons. The van der Waals surface area contributed by atoms with Gasteiger partial charge in [-0.3, -0.25) is 4.79 Å². The van der Waals surface area contributed by atoms with Gasteiger partial charge in [-0.1, -0.05) is 23.7 Å². The number of hydrogen-bond donors (Lipinski definition) is 1. The predicted octanol–water partition coefficient (Wildman–Crippen LogP) is 5.92. The van der Waals surface area contributed by atoms with Crippen molar-refractivity contribution in [2.45, 2.75) is 6.18 Å². The zero-order valence-corrected chi connectivity index (χ0v) is 16.3. The summed E-state index contributed by atoms with van der Waals surface area (Å²) in [4.78, 5) is 19.1. The Morgan fingerprint density at radius 1 is 1.16 bits per heavy atom. The Bertz CT molecular complexity index is 1430. The number of hydrogen-bond acceptors (Lipinski definition) is 4. The summed E-state index contributed by atoms with van der Waals surface area (Å²) in [5.74, 6) is 0.316. The minimum Gasteiger partial charge on any atom is -0.457 e. The predicted molar refractivity (Wildman–Crippen MR) is 110 cm³/mol. The minimum atomic E-state index is -4.53. The number of nitrogens with zero attached hydrogens (tertiary/aromatic N) is 2. The monoisotopic (exact) mass is 441 g/mol. The lowest BCUT2D eigenvalue weighted by Gasteiger charge is -2.09. The summed E-state index contributed by atoms with van der Waals surface area (Å²) in [5, 5.41) is 9.99. The quantitative estimate of drug-likeness (QED) is 0.400. The van der Waals surface area contributed by atoms with Gasteiger partial charge in [0.2, 0.25) is 0 Å². The number of para-hydroxylation sites is 1. The number of nitrogens with one attached hydrogen (secondary N) is 1. The van der Waals surface area contributed by atoms with Gasteiger partial charge in [0.1, 0.15) is 17.6 Å². The lowest BCUT2D eigenvalue weighted by Crippen LogP contribution is -2.11. The first-order valence-corrected chi connectivity index (χ1v) is 9.22. The van der Waals surface area contributed by atoms with E-state index in [1.165, 1.54) is 18.2 Å². The maximum absolute atomic E-state index is 13.0. The number of aromatic nitrogens is 2. The number of benzene rings is 2. The number of furan rings is 1. The number of nitriles is 1. The first-order chi connectivity index (χ1) is 14.8. The van der Waals surface area contributed by atoms with Crippen LogP contribution in [0.25, 0.3) is 33.9 Å². The Morgan fingerprint density at radius 2 is 1.94 bits per heavy atom. The maximum atomic E-state index is 13.0. The van der Waals surface area contributed by atoms with E-state index in [4.69, 9.17) is 16.0 Å². The van der Waals surface area contributed by atoms with Crippen LogP contribution in [0.15, 0.2) is 63.8 Å². The summed E-state index contributed by atoms with van der Waals surface area (Å²) in [6, 6.07) is 14.4. The van der Waals surface area contributed by atoms with Crippen molar-refractivity contribution < 1.29 is 17.6 Å². The Kier molecular flexibility index (Phi) is 5.13. The van der Waals surface area contributed by atoms with E-state index < -0.39 is 17.3 Å². The van der Waals surface area contributed by atoms with Crippen LogP contribution in [-0.2, 0) is 6.18 Å². The smallest absolute Gasteiger partial charge is 0.416 e. The summed E-state index contributed by atoms with van der Waals surface area (Å²) in [5.41, 5.74) is -0.780. The number of rotatable bonds is 3. The second-order valence-corrected chi connectivity index (χ2v) is 6.90. The third-order valence-corrected chi connectivity index (χ3v) is 4.79. The van der Waals surface area contributed by atoms with E-state index in [1.807, 2.05) is 6.07 Å². The number of H-pyrrole nitrogens is 1. The Labute approximate surface area is 178 Å². The van der Waals surface area contributed by atoms with Crippen LogP contribution >= 0.6 is 11.6 Å². The van der Waals surface area contributed by atoms with Gasteiger partial charge in [0.05, 0.1) is 27.1 Å². The molecule has 0 atom stereocenters. The van der Waals surface area contributed by atoms with Crippen molar-refractivity contribution in [2.24, 2.45) is 0 Å². The molecule has 0 saturated carbocycles. The lowest BCUT2D eigenvalue weighted by atomic mass is 10.1. The first-order valence-electron chi connectivity index (χ1n) is 8.84. The van der Waals surface area contributed by atoms with E-state index in [2.05, 4.69) is 9.97 Å². The number of halogens is 4. The second kappa shape index (κ2) is 7.78. The fourth-order valence-electron chi connectivity index (χ4n) is 2.98. The third kappa shape index (κ3) is 4.09. The summed E-state index contributed by atoms with van der Waals surface area (Å²) in [6.45, 7) is 0. The van der Waals surface area contributed by atoms with Crippen LogP contribution < -0.4 is 5.56 Å². The molecule has 1 N–H and O–H groups in total. The molecule has 0 unspecified atom stereocenters. The molecule has 0 aliphatic carbocycles. The number of fused-ring (bicyclic) bond motifs is 1. The molecular weight excluding hydrogens is 431 g/mol. The van der Waals surface area contributed by atoms with E-state index in [9.17, 15) is 23.2 Å². The van der Waals surface area contributed by atoms with Crippen molar-refractivity contribution in [1.29, 1.82) is 5.26 Å². The van der Waals surface area contributed by atoms with Crippen LogP contribution in [0.4, 0.5) is 13.2 Å². The zero-order chi connectivity index (χ0) is 22.2. The summed E-state index contributed by atoms with van der Waals surface area (Å²) < 4.78 is 44.6. The molecule has 31 heavy (non-hydrogen) atoms. The van der Waals surface area contributed by atoms with Gasteiger partial charge in [-0.05, 0) is 42.5 Å². The Balaban J connectivity index is 1.74. The van der Waals surface area contributed by atoms with Gasteiger partial charge in [-0.2, -0.15) is 18.4 Å². The van der Waals surface area contributed by atoms with E-state index in [0.29, 0.717) is 10.9 Å². The van der Waals surface area contributed by atoms with Gasteiger partial charge >= 0.3 is 6.18 Å². The van der Waals surface area contributed by atoms with Crippen molar-refractivity contribution in [3.05, 3.63) is 87.1 Å². The van der Waals surface area contributed by atoms with Crippen LogP contribution in [0, 0.1) is 11.3 Å². The van der Waals surface area contributed by atoms with Crippen LogP contribution in [-0.4, -0.2) is 9.97 Å². The lowest BCUT2D eigenvalue weighted by molar-refractivity contribution is -0.137. The molecule has 0 bridgehead atoms.